The van der Waals surface area contributed by atoms with Crippen molar-refractivity contribution in [2.24, 2.45) is 5.41 Å². The zero-order chi connectivity index (χ0) is 10.6. The molecule has 1 N–H and O–H groups in total. The maximum atomic E-state index is 12.9. The largest absolute Gasteiger partial charge is 0.387 e. The molecule has 0 aromatic carbocycles. The Kier molecular flexibility index (Phi) is 1.96. The molecule has 0 bridgehead atoms. The molecule has 1 aliphatic heterocycles. The van der Waals surface area contributed by atoms with Crippen molar-refractivity contribution in [1.29, 1.82) is 0 Å². The van der Waals surface area contributed by atoms with Crippen LogP contribution >= 0.6 is 0 Å². The standard InChI is InChI=1S/C10H16F2O2/c1-7-3-9(13,6-14-7)4-8(2)5-10(8,11)12/h7,13H,3-6H2,1-2H3. The highest BCUT2D eigenvalue weighted by molar-refractivity contribution is 5.10. The second kappa shape index (κ2) is 2.67. The molecule has 0 aromatic heterocycles. The molecule has 2 rings (SSSR count). The van der Waals surface area contributed by atoms with E-state index in [9.17, 15) is 13.9 Å². The number of hydrogen-bond donors (Lipinski definition) is 1. The Morgan fingerprint density at radius 1 is 1.50 bits per heavy atom. The lowest BCUT2D eigenvalue weighted by atomic mass is 9.87. The molecule has 14 heavy (non-hydrogen) atoms. The second-order valence-electron chi connectivity index (χ2n) is 5.17. The van der Waals surface area contributed by atoms with Gasteiger partial charge in [0.15, 0.2) is 0 Å². The van der Waals surface area contributed by atoms with Gasteiger partial charge in [0.05, 0.1) is 18.3 Å². The normalized spacial score (nSPS) is 50.8. The Balaban J connectivity index is 1.99. The van der Waals surface area contributed by atoms with Gasteiger partial charge in [-0.05, 0) is 13.3 Å². The van der Waals surface area contributed by atoms with Crippen LogP contribution in [0.5, 0.6) is 0 Å². The summed E-state index contributed by atoms with van der Waals surface area (Å²) in [5.74, 6) is -2.59. The minimum absolute atomic E-state index is 0.0176. The van der Waals surface area contributed by atoms with Crippen LogP contribution in [0.25, 0.3) is 0 Å². The zero-order valence-electron chi connectivity index (χ0n) is 8.52. The number of hydrogen-bond acceptors (Lipinski definition) is 2. The SMILES string of the molecule is CC1CC(O)(CC2(C)CC2(F)F)CO1. The minimum atomic E-state index is -2.59. The van der Waals surface area contributed by atoms with Crippen LogP contribution in [0.15, 0.2) is 0 Å². The van der Waals surface area contributed by atoms with Crippen LogP contribution < -0.4 is 0 Å². The highest BCUT2D eigenvalue weighted by atomic mass is 19.3. The van der Waals surface area contributed by atoms with Crippen molar-refractivity contribution >= 4 is 0 Å². The number of halogens is 2. The van der Waals surface area contributed by atoms with Gasteiger partial charge in [-0.25, -0.2) is 8.78 Å². The third kappa shape index (κ3) is 1.54. The third-order valence-electron chi connectivity index (χ3n) is 3.39. The van der Waals surface area contributed by atoms with Crippen molar-refractivity contribution in [3.8, 4) is 0 Å². The molecule has 2 nitrogen and oxygen atoms in total. The van der Waals surface area contributed by atoms with E-state index in [1.165, 1.54) is 6.92 Å². The number of ether oxygens (including phenoxy) is 1. The predicted octanol–water partition coefficient (Wildman–Crippen LogP) is 1.96. The summed E-state index contributed by atoms with van der Waals surface area (Å²) in [5.41, 5.74) is -2.04. The molecule has 1 saturated carbocycles. The smallest absolute Gasteiger partial charge is 0.254 e. The summed E-state index contributed by atoms with van der Waals surface area (Å²) in [6.07, 6.45) is 0.503. The lowest BCUT2D eigenvalue weighted by Gasteiger charge is -2.24. The summed E-state index contributed by atoms with van der Waals surface area (Å²) in [5, 5.41) is 10.0. The molecule has 82 valence electrons. The van der Waals surface area contributed by atoms with E-state index in [2.05, 4.69) is 0 Å². The average Bonchev–Trinajstić information content (AvgIpc) is 2.34. The average molecular weight is 206 g/mol. The van der Waals surface area contributed by atoms with Crippen molar-refractivity contribution in [3.05, 3.63) is 0 Å². The first-order valence-electron chi connectivity index (χ1n) is 4.98. The molecule has 4 heteroatoms. The van der Waals surface area contributed by atoms with Crippen LogP contribution in [0.4, 0.5) is 8.78 Å². The lowest BCUT2D eigenvalue weighted by Crippen LogP contribution is -2.33. The van der Waals surface area contributed by atoms with Crippen LogP contribution in [0.1, 0.15) is 33.1 Å². The molecular formula is C10H16F2O2. The first-order chi connectivity index (χ1) is 6.27. The van der Waals surface area contributed by atoms with Crippen molar-refractivity contribution in [3.63, 3.8) is 0 Å². The highest BCUT2D eigenvalue weighted by Gasteiger charge is 2.69. The quantitative estimate of drug-likeness (QED) is 0.748. The molecule has 0 radical (unpaired) electrons. The summed E-state index contributed by atoms with van der Waals surface area (Å²) in [6.45, 7) is 3.58. The summed E-state index contributed by atoms with van der Waals surface area (Å²) >= 11 is 0. The molecular weight excluding hydrogens is 190 g/mol. The molecule has 0 amide bonds. The van der Waals surface area contributed by atoms with Gasteiger partial charge in [-0.1, -0.05) is 6.92 Å². The fraction of sp³-hybridized carbons (Fsp3) is 1.00. The van der Waals surface area contributed by atoms with Crippen molar-refractivity contribution in [1.82, 2.24) is 0 Å². The van der Waals surface area contributed by atoms with Crippen molar-refractivity contribution < 1.29 is 18.6 Å². The number of aliphatic hydroxyl groups is 1. The van der Waals surface area contributed by atoms with E-state index < -0.39 is 16.9 Å². The molecule has 1 aliphatic carbocycles. The van der Waals surface area contributed by atoms with E-state index in [4.69, 9.17) is 4.74 Å². The van der Waals surface area contributed by atoms with Gasteiger partial charge in [-0.2, -0.15) is 0 Å². The summed E-state index contributed by atoms with van der Waals surface area (Å²) < 4.78 is 31.1. The lowest BCUT2D eigenvalue weighted by molar-refractivity contribution is -0.0232. The highest BCUT2D eigenvalue weighted by Crippen LogP contribution is 2.64. The minimum Gasteiger partial charge on any atom is -0.387 e. The Labute approximate surface area is 82.3 Å². The zero-order valence-corrected chi connectivity index (χ0v) is 8.52. The van der Waals surface area contributed by atoms with Gasteiger partial charge in [-0.15, -0.1) is 0 Å². The predicted molar refractivity (Wildman–Crippen MR) is 47.3 cm³/mol. The number of rotatable bonds is 2. The number of alkyl halides is 2. The van der Waals surface area contributed by atoms with E-state index in [1.807, 2.05) is 6.92 Å². The maximum Gasteiger partial charge on any atom is 0.254 e. The molecule has 3 atom stereocenters. The fourth-order valence-corrected chi connectivity index (χ4v) is 2.44. The third-order valence-corrected chi connectivity index (χ3v) is 3.39. The Morgan fingerprint density at radius 2 is 2.07 bits per heavy atom. The molecule has 0 spiro atoms. The van der Waals surface area contributed by atoms with Gasteiger partial charge in [0, 0.05) is 18.3 Å². The van der Waals surface area contributed by atoms with Crippen molar-refractivity contribution in [2.75, 3.05) is 6.61 Å². The maximum absolute atomic E-state index is 12.9. The molecule has 2 aliphatic rings. The topological polar surface area (TPSA) is 29.5 Å². The summed E-state index contributed by atoms with van der Waals surface area (Å²) in [6, 6.07) is 0. The Hall–Kier alpha value is -0.220. The molecule has 0 aromatic rings. The van der Waals surface area contributed by atoms with E-state index in [-0.39, 0.29) is 25.6 Å². The Morgan fingerprint density at radius 3 is 2.43 bits per heavy atom. The van der Waals surface area contributed by atoms with E-state index >= 15 is 0 Å². The molecule has 1 saturated heterocycles. The van der Waals surface area contributed by atoms with Crippen molar-refractivity contribution in [2.45, 2.75) is 50.7 Å². The summed E-state index contributed by atoms with van der Waals surface area (Å²) in [7, 11) is 0. The molecule has 1 heterocycles. The van der Waals surface area contributed by atoms with Crippen LogP contribution in [0.2, 0.25) is 0 Å². The van der Waals surface area contributed by atoms with Crippen LogP contribution in [0, 0.1) is 5.41 Å². The van der Waals surface area contributed by atoms with Crippen LogP contribution in [0.3, 0.4) is 0 Å². The van der Waals surface area contributed by atoms with Gasteiger partial charge in [0.1, 0.15) is 0 Å². The summed E-state index contributed by atoms with van der Waals surface area (Å²) in [4.78, 5) is 0. The van der Waals surface area contributed by atoms with Crippen LogP contribution in [-0.2, 0) is 4.74 Å². The van der Waals surface area contributed by atoms with E-state index in [0.29, 0.717) is 6.42 Å². The fourth-order valence-electron chi connectivity index (χ4n) is 2.44. The van der Waals surface area contributed by atoms with Gasteiger partial charge >= 0.3 is 0 Å². The van der Waals surface area contributed by atoms with Gasteiger partial charge < -0.3 is 9.84 Å². The second-order valence-corrected chi connectivity index (χ2v) is 5.17. The molecule has 3 unspecified atom stereocenters. The van der Waals surface area contributed by atoms with Gasteiger partial charge in [0.2, 0.25) is 0 Å². The monoisotopic (exact) mass is 206 g/mol. The molecule has 2 fully saturated rings. The Bertz CT molecular complexity index is 257. The van der Waals surface area contributed by atoms with Gasteiger partial charge in [0.25, 0.3) is 5.92 Å². The first-order valence-corrected chi connectivity index (χ1v) is 4.98. The van der Waals surface area contributed by atoms with E-state index in [1.54, 1.807) is 0 Å². The van der Waals surface area contributed by atoms with Gasteiger partial charge in [-0.3, -0.25) is 0 Å². The van der Waals surface area contributed by atoms with E-state index in [0.717, 1.165) is 0 Å². The van der Waals surface area contributed by atoms with Crippen LogP contribution in [-0.4, -0.2) is 29.3 Å². The first kappa shape index (κ1) is 10.3.